The van der Waals surface area contributed by atoms with Gasteiger partial charge in [0, 0.05) is 18.2 Å². The Morgan fingerprint density at radius 1 is 1.32 bits per heavy atom. The van der Waals surface area contributed by atoms with Crippen LogP contribution in [0.2, 0.25) is 0 Å². The average molecular weight is 324 g/mol. The Labute approximate surface area is 119 Å². The van der Waals surface area contributed by atoms with Gasteiger partial charge in [-0.25, -0.2) is 0 Å². The van der Waals surface area contributed by atoms with E-state index in [1.807, 2.05) is 12.1 Å². The maximum atomic E-state index is 12.1. The van der Waals surface area contributed by atoms with Crippen LogP contribution in [0.1, 0.15) is 19.3 Å². The highest BCUT2D eigenvalue weighted by Gasteiger charge is 2.74. The van der Waals surface area contributed by atoms with Gasteiger partial charge < -0.3 is 14.8 Å². The number of halogens is 1. The molecule has 2 fully saturated rings. The summed E-state index contributed by atoms with van der Waals surface area (Å²) in [6, 6.07) is 3.72. The van der Waals surface area contributed by atoms with Crippen LogP contribution in [0, 0.1) is 11.3 Å². The number of carbonyl (C=O) groups is 1. The highest BCUT2D eigenvalue weighted by molar-refractivity contribution is 9.10. The molecule has 2 aliphatic carbocycles. The second-order valence-electron chi connectivity index (χ2n) is 5.55. The minimum atomic E-state index is -0.0172. The number of anilines is 1. The number of amides is 1. The molecule has 1 aromatic carbocycles. The van der Waals surface area contributed by atoms with Crippen molar-refractivity contribution in [2.75, 3.05) is 18.5 Å². The van der Waals surface area contributed by atoms with Gasteiger partial charge in [0.05, 0.1) is 23.1 Å². The summed E-state index contributed by atoms with van der Waals surface area (Å²) in [5.74, 6) is 2.22. The van der Waals surface area contributed by atoms with Crippen LogP contribution in [0.15, 0.2) is 16.6 Å². The van der Waals surface area contributed by atoms with E-state index in [9.17, 15) is 4.79 Å². The molecule has 1 N–H and O–H groups in total. The molecule has 3 aliphatic rings. The molecule has 1 aliphatic heterocycles. The third-order valence-corrected chi connectivity index (χ3v) is 4.78. The Balaban J connectivity index is 1.60. The predicted octanol–water partition coefficient (Wildman–Crippen LogP) is 2.96. The Morgan fingerprint density at radius 3 is 2.79 bits per heavy atom. The minimum Gasteiger partial charge on any atom is -0.489 e. The second kappa shape index (κ2) is 3.88. The van der Waals surface area contributed by atoms with E-state index in [4.69, 9.17) is 9.47 Å². The number of nitrogens with one attached hydrogen (secondary N) is 1. The van der Waals surface area contributed by atoms with Crippen LogP contribution in [0.25, 0.3) is 0 Å². The van der Waals surface area contributed by atoms with Crippen molar-refractivity contribution in [1.82, 2.24) is 0 Å². The molecule has 0 saturated heterocycles. The standard InChI is InChI=1S/C14H14BrNO3/c15-10-4-9(16-13(17)14-6-8(14)7-14)5-11-12(10)19-3-1-2-18-11/h4-5,8H,1-3,6-7H2,(H,16,17). The van der Waals surface area contributed by atoms with Crippen molar-refractivity contribution in [2.45, 2.75) is 19.3 Å². The fraction of sp³-hybridized carbons (Fsp3) is 0.500. The van der Waals surface area contributed by atoms with E-state index < -0.39 is 0 Å². The van der Waals surface area contributed by atoms with Gasteiger partial charge >= 0.3 is 0 Å². The van der Waals surface area contributed by atoms with E-state index in [0.29, 0.717) is 24.9 Å². The lowest BCUT2D eigenvalue weighted by Gasteiger charge is -2.13. The molecular formula is C14H14BrNO3. The summed E-state index contributed by atoms with van der Waals surface area (Å²) in [4.78, 5) is 12.1. The van der Waals surface area contributed by atoms with Crippen LogP contribution in [-0.2, 0) is 4.79 Å². The molecule has 5 heteroatoms. The normalized spacial score (nSPS) is 30.1. The smallest absolute Gasteiger partial charge is 0.230 e. The first-order valence-electron chi connectivity index (χ1n) is 6.60. The maximum Gasteiger partial charge on any atom is 0.230 e. The summed E-state index contributed by atoms with van der Waals surface area (Å²) < 4.78 is 12.1. The van der Waals surface area contributed by atoms with Gasteiger partial charge in [-0.2, -0.15) is 0 Å². The number of carbonyl (C=O) groups excluding carboxylic acids is 1. The van der Waals surface area contributed by atoms with Crippen molar-refractivity contribution >= 4 is 27.5 Å². The Hall–Kier alpha value is -1.23. The molecule has 0 aromatic heterocycles. The van der Waals surface area contributed by atoms with Crippen molar-refractivity contribution < 1.29 is 14.3 Å². The van der Waals surface area contributed by atoms with E-state index in [0.717, 1.165) is 35.2 Å². The summed E-state index contributed by atoms with van der Waals surface area (Å²) in [7, 11) is 0. The third-order valence-electron chi connectivity index (χ3n) is 4.19. The van der Waals surface area contributed by atoms with Gasteiger partial charge in [0.25, 0.3) is 0 Å². The first kappa shape index (κ1) is 11.6. The zero-order valence-electron chi connectivity index (χ0n) is 10.4. The Morgan fingerprint density at radius 2 is 2.05 bits per heavy atom. The quantitative estimate of drug-likeness (QED) is 0.910. The number of fused-ring (bicyclic) bond motifs is 2. The molecule has 1 amide bonds. The van der Waals surface area contributed by atoms with Crippen molar-refractivity contribution in [2.24, 2.45) is 11.3 Å². The van der Waals surface area contributed by atoms with E-state index in [-0.39, 0.29) is 11.3 Å². The van der Waals surface area contributed by atoms with Gasteiger partial charge in [-0.15, -0.1) is 0 Å². The molecule has 1 heterocycles. The van der Waals surface area contributed by atoms with Gasteiger partial charge in [0.1, 0.15) is 0 Å². The SMILES string of the molecule is O=C(Nc1cc(Br)c2c(c1)OCCCO2)C12CC1C2. The predicted molar refractivity (Wildman–Crippen MR) is 73.5 cm³/mol. The number of hydrogen-bond acceptors (Lipinski definition) is 3. The van der Waals surface area contributed by atoms with E-state index in [1.54, 1.807) is 0 Å². The van der Waals surface area contributed by atoms with Crippen molar-refractivity contribution in [1.29, 1.82) is 0 Å². The number of hydrogen-bond donors (Lipinski definition) is 1. The summed E-state index contributed by atoms with van der Waals surface area (Å²) in [6.45, 7) is 1.30. The molecular weight excluding hydrogens is 310 g/mol. The molecule has 0 bridgehead atoms. The molecule has 0 spiro atoms. The van der Waals surface area contributed by atoms with Crippen molar-refractivity contribution in [3.8, 4) is 11.5 Å². The number of rotatable bonds is 2. The zero-order chi connectivity index (χ0) is 13.0. The largest absolute Gasteiger partial charge is 0.489 e. The van der Waals surface area contributed by atoms with E-state index >= 15 is 0 Å². The molecule has 0 unspecified atom stereocenters. The van der Waals surface area contributed by atoms with E-state index in [2.05, 4.69) is 21.2 Å². The monoisotopic (exact) mass is 323 g/mol. The molecule has 4 rings (SSSR count). The van der Waals surface area contributed by atoms with Gasteiger partial charge in [-0.05, 0) is 40.8 Å². The molecule has 100 valence electrons. The lowest BCUT2D eigenvalue weighted by molar-refractivity contribution is -0.119. The summed E-state index contributed by atoms with van der Waals surface area (Å²) in [5.41, 5.74) is 0.754. The summed E-state index contributed by atoms with van der Waals surface area (Å²) in [5, 5.41) is 2.99. The first-order chi connectivity index (χ1) is 9.19. The Kier molecular flexibility index (Phi) is 2.37. The third kappa shape index (κ3) is 1.83. The van der Waals surface area contributed by atoms with Crippen LogP contribution in [0.3, 0.4) is 0 Å². The summed E-state index contributed by atoms with van der Waals surface area (Å²) in [6.07, 6.45) is 2.99. The van der Waals surface area contributed by atoms with Crippen LogP contribution < -0.4 is 14.8 Å². The number of ether oxygens (including phenoxy) is 2. The van der Waals surface area contributed by atoms with Crippen molar-refractivity contribution in [3.63, 3.8) is 0 Å². The average Bonchev–Trinajstić information content (AvgIpc) is 3.19. The van der Waals surface area contributed by atoms with Crippen LogP contribution >= 0.6 is 15.9 Å². The number of benzene rings is 1. The Bertz CT molecular complexity index is 566. The summed E-state index contributed by atoms with van der Waals surface area (Å²) >= 11 is 3.48. The van der Waals surface area contributed by atoms with Crippen LogP contribution in [0.4, 0.5) is 5.69 Å². The van der Waals surface area contributed by atoms with Gasteiger partial charge in [0.15, 0.2) is 11.5 Å². The molecule has 1 aromatic rings. The lowest BCUT2D eigenvalue weighted by atomic mass is 10.2. The fourth-order valence-corrected chi connectivity index (χ4v) is 3.19. The highest BCUT2D eigenvalue weighted by atomic mass is 79.9. The van der Waals surface area contributed by atoms with Gasteiger partial charge in [-0.3, -0.25) is 4.79 Å². The molecule has 0 atom stereocenters. The minimum absolute atomic E-state index is 0.0172. The maximum absolute atomic E-state index is 12.1. The molecule has 0 radical (unpaired) electrons. The van der Waals surface area contributed by atoms with Crippen molar-refractivity contribution in [3.05, 3.63) is 16.6 Å². The molecule has 2 saturated carbocycles. The molecule has 4 nitrogen and oxygen atoms in total. The van der Waals surface area contributed by atoms with Crippen LogP contribution in [0.5, 0.6) is 11.5 Å². The lowest BCUT2D eigenvalue weighted by Crippen LogP contribution is -2.18. The zero-order valence-corrected chi connectivity index (χ0v) is 12.0. The first-order valence-corrected chi connectivity index (χ1v) is 7.39. The fourth-order valence-electron chi connectivity index (χ4n) is 2.63. The van der Waals surface area contributed by atoms with Gasteiger partial charge in [-0.1, -0.05) is 0 Å². The molecule has 19 heavy (non-hydrogen) atoms. The highest BCUT2D eigenvalue weighted by Crippen LogP contribution is 2.75. The van der Waals surface area contributed by atoms with Crippen LogP contribution in [-0.4, -0.2) is 19.1 Å². The topological polar surface area (TPSA) is 47.6 Å². The van der Waals surface area contributed by atoms with Gasteiger partial charge in [0.2, 0.25) is 5.91 Å². The second-order valence-corrected chi connectivity index (χ2v) is 6.41. The van der Waals surface area contributed by atoms with E-state index in [1.165, 1.54) is 0 Å².